The van der Waals surface area contributed by atoms with Crippen LogP contribution in [0, 0.1) is 0 Å². The molecule has 0 aliphatic heterocycles. The molecule has 0 bridgehead atoms. The minimum Gasteiger partial charge on any atom is -0.460 e. The number of unbranched alkanes of at least 4 members (excludes halogenated alkanes) is 2. The highest BCUT2D eigenvalue weighted by atomic mass is 16.5. The molecule has 0 radical (unpaired) electrons. The molecule has 0 saturated heterocycles. The molecule has 0 N–H and O–H groups in total. The summed E-state index contributed by atoms with van der Waals surface area (Å²) < 4.78 is 10.3. The number of ether oxygens (including phenoxy) is 2. The van der Waals surface area contributed by atoms with Crippen LogP contribution in [0.25, 0.3) is 0 Å². The summed E-state index contributed by atoms with van der Waals surface area (Å²) in [7, 11) is 0. The van der Waals surface area contributed by atoms with Gasteiger partial charge in [0.05, 0.1) is 12.2 Å². The second-order valence-corrected chi connectivity index (χ2v) is 5.11. The Labute approximate surface area is 122 Å². The molecule has 2 unspecified atom stereocenters. The molecule has 0 amide bonds. The van der Waals surface area contributed by atoms with Crippen molar-refractivity contribution in [2.24, 2.45) is 0 Å². The summed E-state index contributed by atoms with van der Waals surface area (Å²) in [5.74, 6) is -0.987. The highest BCUT2D eigenvalue weighted by Crippen LogP contribution is 2.06. The van der Waals surface area contributed by atoms with Crippen molar-refractivity contribution in [1.29, 1.82) is 0 Å². The normalized spacial score (nSPS) is 14.0. The van der Waals surface area contributed by atoms with Gasteiger partial charge in [0, 0.05) is 12.2 Å². The first kappa shape index (κ1) is 18.7. The Hall–Kier alpha value is -1.32. The minimum atomic E-state index is -0.494. The summed E-state index contributed by atoms with van der Waals surface area (Å²) >= 11 is 0. The van der Waals surface area contributed by atoms with Crippen LogP contribution in [-0.4, -0.2) is 24.1 Å². The van der Waals surface area contributed by atoms with Gasteiger partial charge in [-0.05, 0) is 26.7 Å². The average Bonchev–Trinajstić information content (AvgIpc) is 2.40. The van der Waals surface area contributed by atoms with E-state index in [1.165, 1.54) is 0 Å². The van der Waals surface area contributed by atoms with Gasteiger partial charge < -0.3 is 9.47 Å². The Balaban J connectivity index is 3.96. The van der Waals surface area contributed by atoms with Crippen LogP contribution in [0.2, 0.25) is 0 Å². The molecule has 0 aromatic heterocycles. The molecule has 0 rings (SSSR count). The van der Waals surface area contributed by atoms with Crippen molar-refractivity contribution in [2.75, 3.05) is 0 Å². The van der Waals surface area contributed by atoms with Gasteiger partial charge in [-0.3, -0.25) is 0 Å². The van der Waals surface area contributed by atoms with Gasteiger partial charge in [0.25, 0.3) is 0 Å². The van der Waals surface area contributed by atoms with Gasteiger partial charge >= 0.3 is 11.9 Å². The third-order valence-electron chi connectivity index (χ3n) is 2.92. The molecule has 2 atom stereocenters. The number of rotatable bonds is 10. The fourth-order valence-electron chi connectivity index (χ4n) is 1.71. The molecule has 20 heavy (non-hydrogen) atoms. The molecule has 0 heterocycles. The zero-order chi connectivity index (χ0) is 15.4. The molecule has 4 nitrogen and oxygen atoms in total. The van der Waals surface area contributed by atoms with Crippen LogP contribution >= 0.6 is 0 Å². The second-order valence-electron chi connectivity index (χ2n) is 5.11. The maximum Gasteiger partial charge on any atom is 0.331 e. The minimum absolute atomic E-state index is 0.119. The van der Waals surface area contributed by atoms with E-state index in [0.717, 1.165) is 50.7 Å². The Bertz CT molecular complexity index is 280. The Morgan fingerprint density at radius 1 is 0.850 bits per heavy atom. The monoisotopic (exact) mass is 284 g/mol. The number of hydrogen-bond acceptors (Lipinski definition) is 4. The maximum absolute atomic E-state index is 11.5. The van der Waals surface area contributed by atoms with Gasteiger partial charge in [-0.15, -0.1) is 0 Å². The van der Waals surface area contributed by atoms with E-state index >= 15 is 0 Å². The van der Waals surface area contributed by atoms with Crippen molar-refractivity contribution in [3.8, 4) is 0 Å². The first-order chi connectivity index (χ1) is 9.49. The fraction of sp³-hybridized carbons (Fsp3) is 0.750. The van der Waals surface area contributed by atoms with Gasteiger partial charge in [-0.2, -0.15) is 0 Å². The molecule has 0 aliphatic carbocycles. The molecular weight excluding hydrogens is 256 g/mol. The average molecular weight is 284 g/mol. The van der Waals surface area contributed by atoms with Gasteiger partial charge in [0.1, 0.15) is 0 Å². The zero-order valence-electron chi connectivity index (χ0n) is 13.2. The van der Waals surface area contributed by atoms with Crippen LogP contribution in [0.5, 0.6) is 0 Å². The third-order valence-corrected chi connectivity index (χ3v) is 2.92. The lowest BCUT2D eigenvalue weighted by molar-refractivity contribution is -0.145. The van der Waals surface area contributed by atoms with Crippen LogP contribution in [0.3, 0.4) is 0 Å². The van der Waals surface area contributed by atoms with E-state index in [9.17, 15) is 9.59 Å². The number of carbonyl (C=O) groups excluding carboxylic acids is 2. The topological polar surface area (TPSA) is 52.6 Å². The second kappa shape index (κ2) is 11.5. The molecule has 0 spiro atoms. The largest absolute Gasteiger partial charge is 0.460 e. The van der Waals surface area contributed by atoms with Crippen LogP contribution in [0.4, 0.5) is 0 Å². The summed E-state index contributed by atoms with van der Waals surface area (Å²) in [5.41, 5.74) is 0. The SMILES string of the molecule is CCCCC(C)OC(=O)/C=C/C(=O)OC(C)CCCC. The van der Waals surface area contributed by atoms with E-state index in [2.05, 4.69) is 13.8 Å². The van der Waals surface area contributed by atoms with Crippen LogP contribution in [0.15, 0.2) is 12.2 Å². The predicted octanol–water partition coefficient (Wildman–Crippen LogP) is 3.79. The van der Waals surface area contributed by atoms with Crippen LogP contribution in [0.1, 0.15) is 66.2 Å². The van der Waals surface area contributed by atoms with Crippen molar-refractivity contribution >= 4 is 11.9 Å². The predicted molar refractivity (Wildman–Crippen MR) is 79.3 cm³/mol. The summed E-state index contributed by atoms with van der Waals surface area (Å²) in [6.45, 7) is 7.88. The van der Waals surface area contributed by atoms with Gasteiger partial charge in [-0.1, -0.05) is 39.5 Å². The zero-order valence-corrected chi connectivity index (χ0v) is 13.2. The first-order valence-corrected chi connectivity index (χ1v) is 7.58. The molecule has 4 heteroatoms. The summed E-state index contributed by atoms with van der Waals surface area (Å²) in [5, 5.41) is 0. The Kier molecular flexibility index (Phi) is 10.7. The highest BCUT2D eigenvalue weighted by Gasteiger charge is 2.09. The molecular formula is C16H28O4. The van der Waals surface area contributed by atoms with E-state index in [1.54, 1.807) is 0 Å². The molecule has 0 saturated carbocycles. The van der Waals surface area contributed by atoms with E-state index in [4.69, 9.17) is 9.47 Å². The maximum atomic E-state index is 11.5. The summed E-state index contributed by atoms with van der Waals surface area (Å²) in [6, 6.07) is 0. The highest BCUT2D eigenvalue weighted by molar-refractivity contribution is 5.91. The van der Waals surface area contributed by atoms with Crippen molar-refractivity contribution in [1.82, 2.24) is 0 Å². The van der Waals surface area contributed by atoms with E-state index in [0.29, 0.717) is 0 Å². The molecule has 0 aromatic carbocycles. The van der Waals surface area contributed by atoms with Crippen molar-refractivity contribution < 1.29 is 19.1 Å². The molecule has 0 aromatic rings. The number of esters is 2. The van der Waals surface area contributed by atoms with Crippen molar-refractivity contribution in [3.05, 3.63) is 12.2 Å². The summed E-state index contributed by atoms with van der Waals surface area (Å²) in [4.78, 5) is 22.9. The Morgan fingerprint density at radius 3 is 1.50 bits per heavy atom. The quantitative estimate of drug-likeness (QED) is 0.452. The van der Waals surface area contributed by atoms with E-state index in [1.807, 2.05) is 13.8 Å². The first-order valence-electron chi connectivity index (χ1n) is 7.58. The van der Waals surface area contributed by atoms with E-state index < -0.39 is 11.9 Å². The van der Waals surface area contributed by atoms with Crippen LogP contribution < -0.4 is 0 Å². The summed E-state index contributed by atoms with van der Waals surface area (Å²) in [6.07, 6.45) is 7.90. The Morgan fingerprint density at radius 2 is 1.20 bits per heavy atom. The standard InChI is InChI=1S/C16H28O4/c1-5-7-9-13(3)19-15(17)11-12-16(18)20-14(4)10-8-6-2/h11-14H,5-10H2,1-4H3/b12-11+. The van der Waals surface area contributed by atoms with E-state index in [-0.39, 0.29) is 12.2 Å². The van der Waals surface area contributed by atoms with Crippen molar-refractivity contribution in [3.63, 3.8) is 0 Å². The van der Waals surface area contributed by atoms with Gasteiger partial charge in [0.15, 0.2) is 0 Å². The smallest absolute Gasteiger partial charge is 0.331 e. The lowest BCUT2D eigenvalue weighted by atomic mass is 10.2. The van der Waals surface area contributed by atoms with Crippen molar-refractivity contribution in [2.45, 2.75) is 78.4 Å². The van der Waals surface area contributed by atoms with Gasteiger partial charge in [0.2, 0.25) is 0 Å². The number of hydrogen-bond donors (Lipinski definition) is 0. The van der Waals surface area contributed by atoms with Gasteiger partial charge in [-0.25, -0.2) is 9.59 Å². The fourth-order valence-corrected chi connectivity index (χ4v) is 1.71. The molecule has 116 valence electrons. The lowest BCUT2D eigenvalue weighted by Gasteiger charge is -2.11. The third kappa shape index (κ3) is 10.6. The molecule has 0 fully saturated rings. The van der Waals surface area contributed by atoms with Crippen LogP contribution in [-0.2, 0) is 19.1 Å². The number of carbonyl (C=O) groups is 2. The lowest BCUT2D eigenvalue weighted by Crippen LogP contribution is -2.15. The molecule has 0 aliphatic rings.